The minimum absolute atomic E-state index is 0.0247. The van der Waals surface area contributed by atoms with Gasteiger partial charge in [0.1, 0.15) is 88.9 Å². The van der Waals surface area contributed by atoms with Crippen LogP contribution >= 0.6 is 0 Å². The van der Waals surface area contributed by atoms with Gasteiger partial charge in [-0.3, -0.25) is 4.79 Å². The second-order valence-electron chi connectivity index (χ2n) is 10.1. The van der Waals surface area contributed by atoms with E-state index < -0.39 is 102 Å². The molecule has 0 aliphatic carbocycles. The van der Waals surface area contributed by atoms with Crippen LogP contribution in [0.4, 0.5) is 0 Å². The molecule has 3 heterocycles. The quantitative estimate of drug-likeness (QED) is 0.147. The van der Waals surface area contributed by atoms with Gasteiger partial charge in [0.15, 0.2) is 11.7 Å². The normalized spacial score (nSPS) is 33.6. The van der Waals surface area contributed by atoms with E-state index in [4.69, 9.17) is 18.6 Å². The largest absolute Gasteiger partial charge is 0.508 e. The maximum absolute atomic E-state index is 13.1. The lowest BCUT2D eigenvalue weighted by molar-refractivity contribution is -0.342. The number of hydrogen-bond acceptors (Lipinski definition) is 15. The molecule has 2 saturated heterocycles. The zero-order chi connectivity index (χ0) is 30.5. The number of phenolic OH excluding ortho intramolecular Hbond substituents is 3. The van der Waals surface area contributed by atoms with Gasteiger partial charge in [-0.1, -0.05) is 0 Å². The van der Waals surface area contributed by atoms with Gasteiger partial charge in [0.2, 0.25) is 0 Å². The molecule has 0 radical (unpaired) electrons. The Kier molecular flexibility index (Phi) is 8.41. The summed E-state index contributed by atoms with van der Waals surface area (Å²) in [5, 5.41) is 103. The van der Waals surface area contributed by atoms with Gasteiger partial charge in [0.25, 0.3) is 0 Å². The van der Waals surface area contributed by atoms with E-state index in [0.29, 0.717) is 5.56 Å². The van der Waals surface area contributed by atoms with Crippen LogP contribution in [-0.4, -0.2) is 119 Å². The van der Waals surface area contributed by atoms with E-state index in [-0.39, 0.29) is 17.1 Å². The molecular formula is C27H30O15. The maximum Gasteiger partial charge on any atom is 0.197 e. The summed E-state index contributed by atoms with van der Waals surface area (Å²) in [6.45, 7) is -1.62. The van der Waals surface area contributed by atoms with Crippen LogP contribution in [0.2, 0.25) is 0 Å². The summed E-state index contributed by atoms with van der Waals surface area (Å²) in [6, 6.07) is 7.75. The third kappa shape index (κ3) is 5.20. The zero-order valence-corrected chi connectivity index (χ0v) is 21.7. The van der Waals surface area contributed by atoms with Crippen molar-refractivity contribution in [2.45, 2.75) is 61.2 Å². The Morgan fingerprint density at radius 3 is 2.02 bits per heavy atom. The lowest BCUT2D eigenvalue weighted by atomic mass is 9.89. The Bertz CT molecular complexity index is 1470. The summed E-state index contributed by atoms with van der Waals surface area (Å²) in [5.41, 5.74) is -1.10. The van der Waals surface area contributed by atoms with Crippen molar-refractivity contribution in [3.05, 3.63) is 52.2 Å². The molecule has 10 N–H and O–H groups in total. The van der Waals surface area contributed by atoms with Crippen LogP contribution in [0.1, 0.15) is 11.7 Å². The molecule has 228 valence electrons. The molecule has 2 aliphatic rings. The summed E-state index contributed by atoms with van der Waals surface area (Å²) in [7, 11) is 0. The van der Waals surface area contributed by atoms with Crippen molar-refractivity contribution in [2.75, 3.05) is 13.2 Å². The molecule has 0 amide bonds. The first-order valence-electron chi connectivity index (χ1n) is 12.9. The first-order valence-corrected chi connectivity index (χ1v) is 12.9. The first kappa shape index (κ1) is 30.1. The predicted octanol–water partition coefficient (Wildman–Crippen LogP) is -2.08. The lowest BCUT2D eigenvalue weighted by Crippen LogP contribution is -2.62. The smallest absolute Gasteiger partial charge is 0.197 e. The summed E-state index contributed by atoms with van der Waals surface area (Å²) < 4.78 is 22.4. The molecule has 1 aromatic heterocycles. The topological polar surface area (TPSA) is 260 Å². The highest BCUT2D eigenvalue weighted by Crippen LogP contribution is 2.46. The minimum atomic E-state index is -1.92. The van der Waals surface area contributed by atoms with Gasteiger partial charge in [-0.05, 0) is 24.3 Å². The van der Waals surface area contributed by atoms with Crippen LogP contribution in [0.3, 0.4) is 0 Å². The average molecular weight is 595 g/mol. The van der Waals surface area contributed by atoms with E-state index in [1.807, 2.05) is 0 Å². The summed E-state index contributed by atoms with van der Waals surface area (Å²) in [6.07, 6.45) is -17.4. The van der Waals surface area contributed by atoms with Crippen LogP contribution in [-0.2, 0) is 14.2 Å². The second kappa shape index (κ2) is 11.7. The van der Waals surface area contributed by atoms with E-state index >= 15 is 0 Å². The van der Waals surface area contributed by atoms with Gasteiger partial charge in [0, 0.05) is 17.7 Å². The number of benzene rings is 2. The van der Waals surface area contributed by atoms with Gasteiger partial charge >= 0.3 is 0 Å². The van der Waals surface area contributed by atoms with Crippen LogP contribution < -0.4 is 5.43 Å². The maximum atomic E-state index is 13.1. The predicted molar refractivity (Wildman–Crippen MR) is 138 cm³/mol. The summed E-state index contributed by atoms with van der Waals surface area (Å²) in [4.78, 5) is 13.1. The molecular weight excluding hydrogens is 564 g/mol. The third-order valence-electron chi connectivity index (χ3n) is 7.45. The Hall–Kier alpha value is -3.35. The van der Waals surface area contributed by atoms with Gasteiger partial charge < -0.3 is 69.7 Å². The molecule has 42 heavy (non-hydrogen) atoms. The molecule has 15 nitrogen and oxygen atoms in total. The van der Waals surface area contributed by atoms with Crippen LogP contribution in [0, 0.1) is 0 Å². The Morgan fingerprint density at radius 1 is 0.762 bits per heavy atom. The number of rotatable bonds is 6. The van der Waals surface area contributed by atoms with Crippen molar-refractivity contribution in [1.82, 2.24) is 0 Å². The summed E-state index contributed by atoms with van der Waals surface area (Å²) in [5.74, 6) is -1.53. The average Bonchev–Trinajstić information content (AvgIpc) is 2.96. The van der Waals surface area contributed by atoms with Crippen molar-refractivity contribution in [3.63, 3.8) is 0 Å². The standard InChI is InChI=1S/C27H30O15/c28-7-15-20(34)23(37)26(42-27-24(38)22(36)19(33)16(8-29)41-27)25(40-15)18-12(32)6-14-17(21(18)35)11(31)5-13(39-14)9-1-3-10(30)4-2-9/h1-6,15-16,19-20,22-30,32-38H,7-8H2/t15-,16-,19-,20-,22+,23+,24-,25+,26-,27-/m1/s1. The lowest BCUT2D eigenvalue weighted by Gasteiger charge is -2.46. The van der Waals surface area contributed by atoms with Crippen molar-refractivity contribution in [1.29, 1.82) is 0 Å². The molecule has 10 atom stereocenters. The number of aliphatic hydroxyl groups is 7. The molecule has 15 heteroatoms. The molecule has 0 unspecified atom stereocenters. The van der Waals surface area contributed by atoms with E-state index in [9.17, 15) is 55.9 Å². The molecule has 0 spiro atoms. The second-order valence-corrected chi connectivity index (χ2v) is 10.1. The van der Waals surface area contributed by atoms with Crippen molar-refractivity contribution < 1.29 is 69.7 Å². The van der Waals surface area contributed by atoms with Crippen molar-refractivity contribution in [3.8, 4) is 28.6 Å². The molecule has 5 rings (SSSR count). The highest BCUT2D eigenvalue weighted by atomic mass is 16.7. The van der Waals surface area contributed by atoms with Crippen LogP contribution in [0.25, 0.3) is 22.3 Å². The van der Waals surface area contributed by atoms with Crippen molar-refractivity contribution in [2.24, 2.45) is 0 Å². The van der Waals surface area contributed by atoms with E-state index in [1.165, 1.54) is 24.3 Å². The van der Waals surface area contributed by atoms with E-state index in [1.54, 1.807) is 0 Å². The Labute approximate surface area is 236 Å². The molecule has 2 aromatic carbocycles. The van der Waals surface area contributed by atoms with Gasteiger partial charge in [-0.2, -0.15) is 0 Å². The fourth-order valence-corrected chi connectivity index (χ4v) is 5.16. The van der Waals surface area contributed by atoms with Crippen molar-refractivity contribution >= 4 is 11.0 Å². The number of aromatic hydroxyl groups is 3. The third-order valence-corrected chi connectivity index (χ3v) is 7.45. The Morgan fingerprint density at radius 2 is 1.38 bits per heavy atom. The molecule has 0 saturated carbocycles. The van der Waals surface area contributed by atoms with E-state index in [0.717, 1.165) is 12.1 Å². The molecule has 2 aliphatic heterocycles. The highest BCUT2D eigenvalue weighted by Gasteiger charge is 2.52. The molecule has 2 fully saturated rings. The number of phenols is 3. The molecule has 0 bridgehead atoms. The SMILES string of the molecule is O=c1cc(-c2ccc(O)cc2)oc2cc(O)c([C@@H]3O[C@H](CO)[C@@H](O)[C@H](O)[C@H]3O[C@H]3O[C@H](CO)[C@@H](O)[C@H](O)[C@H]3O)c(O)c12. The highest BCUT2D eigenvalue weighted by molar-refractivity contribution is 5.88. The molecule has 3 aromatic rings. The zero-order valence-electron chi connectivity index (χ0n) is 21.7. The first-order chi connectivity index (χ1) is 20.0. The Balaban J connectivity index is 1.58. The van der Waals surface area contributed by atoms with Crippen LogP contribution in [0.5, 0.6) is 17.2 Å². The number of hydrogen-bond donors (Lipinski definition) is 10. The number of ether oxygens (including phenoxy) is 3. The monoisotopic (exact) mass is 594 g/mol. The van der Waals surface area contributed by atoms with Gasteiger partial charge in [-0.25, -0.2) is 0 Å². The summed E-state index contributed by atoms with van der Waals surface area (Å²) >= 11 is 0. The fraction of sp³-hybridized carbons (Fsp3) is 0.444. The van der Waals surface area contributed by atoms with Crippen LogP contribution in [0.15, 0.2) is 45.6 Å². The van der Waals surface area contributed by atoms with Gasteiger partial charge in [-0.15, -0.1) is 0 Å². The van der Waals surface area contributed by atoms with E-state index in [2.05, 4.69) is 0 Å². The minimum Gasteiger partial charge on any atom is -0.508 e. The fourth-order valence-electron chi connectivity index (χ4n) is 5.16. The number of aliphatic hydroxyl groups excluding tert-OH is 7. The van der Waals surface area contributed by atoms with Gasteiger partial charge in [0.05, 0.1) is 18.8 Å². The number of fused-ring (bicyclic) bond motifs is 1.